The van der Waals surface area contributed by atoms with Crippen LogP contribution in [0.25, 0.3) is 0 Å². The number of alkyl halides is 2. The Kier molecular flexibility index (Phi) is 5.24. The summed E-state index contributed by atoms with van der Waals surface area (Å²) in [5.41, 5.74) is 1.82. The lowest BCUT2D eigenvalue weighted by molar-refractivity contribution is 0.0164. The standard InChI is InChI=1S/C19H27F2NO/c1-5-14-15(17(23)6-2)10-13(11-16(14)19(4,20)21)12-22-18(3)8-7-9-18/h10-11,22H,5-9,12H2,1-4H3. The summed E-state index contributed by atoms with van der Waals surface area (Å²) in [4.78, 5) is 12.2. The van der Waals surface area contributed by atoms with Crippen LogP contribution in [0.2, 0.25) is 0 Å². The summed E-state index contributed by atoms with van der Waals surface area (Å²) < 4.78 is 28.1. The summed E-state index contributed by atoms with van der Waals surface area (Å²) in [6, 6.07) is 3.37. The summed E-state index contributed by atoms with van der Waals surface area (Å²) >= 11 is 0. The number of Topliss-reactive ketones (excluding diaryl/α,β-unsaturated/α-hetero) is 1. The van der Waals surface area contributed by atoms with Crippen molar-refractivity contribution in [1.29, 1.82) is 0 Å². The van der Waals surface area contributed by atoms with Gasteiger partial charge in [-0.15, -0.1) is 0 Å². The number of hydrogen-bond donors (Lipinski definition) is 1. The molecule has 0 aliphatic heterocycles. The van der Waals surface area contributed by atoms with Crippen molar-refractivity contribution < 1.29 is 13.6 Å². The van der Waals surface area contributed by atoms with Gasteiger partial charge in [0.05, 0.1) is 0 Å². The third-order valence-electron chi connectivity index (χ3n) is 4.93. The first-order valence-electron chi connectivity index (χ1n) is 8.52. The quantitative estimate of drug-likeness (QED) is 0.717. The Hall–Kier alpha value is -1.29. The third-order valence-corrected chi connectivity index (χ3v) is 4.93. The van der Waals surface area contributed by atoms with Gasteiger partial charge in [-0.2, -0.15) is 0 Å². The second-order valence-electron chi connectivity index (χ2n) is 6.96. The van der Waals surface area contributed by atoms with Crippen molar-refractivity contribution in [1.82, 2.24) is 5.32 Å². The van der Waals surface area contributed by atoms with Crippen LogP contribution in [0.15, 0.2) is 12.1 Å². The van der Waals surface area contributed by atoms with E-state index >= 15 is 0 Å². The summed E-state index contributed by atoms with van der Waals surface area (Å²) in [7, 11) is 0. The number of carbonyl (C=O) groups is 1. The lowest BCUT2D eigenvalue weighted by atomic mass is 9.78. The van der Waals surface area contributed by atoms with Gasteiger partial charge in [-0.3, -0.25) is 4.79 Å². The van der Waals surface area contributed by atoms with Crippen molar-refractivity contribution in [2.75, 3.05) is 0 Å². The Labute approximate surface area is 137 Å². The van der Waals surface area contributed by atoms with Crippen molar-refractivity contribution in [3.8, 4) is 0 Å². The number of hydrogen-bond acceptors (Lipinski definition) is 2. The van der Waals surface area contributed by atoms with Crippen LogP contribution in [0.1, 0.15) is 80.4 Å². The van der Waals surface area contributed by atoms with E-state index < -0.39 is 5.92 Å². The fourth-order valence-electron chi connectivity index (χ4n) is 3.24. The van der Waals surface area contributed by atoms with Crippen LogP contribution in [0.5, 0.6) is 0 Å². The molecule has 0 radical (unpaired) electrons. The normalized spacial score (nSPS) is 17.0. The van der Waals surface area contributed by atoms with Gasteiger partial charge < -0.3 is 5.32 Å². The van der Waals surface area contributed by atoms with E-state index in [4.69, 9.17) is 0 Å². The molecule has 0 saturated heterocycles. The molecule has 1 N–H and O–H groups in total. The highest BCUT2D eigenvalue weighted by Gasteiger charge is 2.32. The minimum absolute atomic E-state index is 0.00476. The van der Waals surface area contributed by atoms with Crippen LogP contribution in [0, 0.1) is 0 Å². The van der Waals surface area contributed by atoms with Crippen molar-refractivity contribution >= 4 is 5.78 Å². The first-order chi connectivity index (χ1) is 10.7. The summed E-state index contributed by atoms with van der Waals surface area (Å²) in [6.45, 7) is 7.18. The fourth-order valence-corrected chi connectivity index (χ4v) is 3.24. The summed E-state index contributed by atoms with van der Waals surface area (Å²) in [5.74, 6) is -3.01. The molecular weight excluding hydrogens is 296 g/mol. The molecule has 0 aromatic heterocycles. The Balaban J connectivity index is 2.40. The van der Waals surface area contributed by atoms with Crippen molar-refractivity contribution in [3.63, 3.8) is 0 Å². The number of carbonyl (C=O) groups excluding carboxylic acids is 1. The maximum Gasteiger partial charge on any atom is 0.270 e. The van der Waals surface area contributed by atoms with Crippen LogP contribution >= 0.6 is 0 Å². The Morgan fingerprint density at radius 1 is 1.30 bits per heavy atom. The molecule has 1 saturated carbocycles. The zero-order valence-corrected chi connectivity index (χ0v) is 14.6. The number of rotatable bonds is 7. The topological polar surface area (TPSA) is 29.1 Å². The van der Waals surface area contributed by atoms with E-state index in [0.29, 0.717) is 30.5 Å². The van der Waals surface area contributed by atoms with Crippen molar-refractivity contribution in [2.24, 2.45) is 0 Å². The molecule has 1 aliphatic rings. The molecule has 1 fully saturated rings. The molecule has 0 amide bonds. The van der Waals surface area contributed by atoms with Gasteiger partial charge in [-0.05, 0) is 55.9 Å². The predicted molar refractivity (Wildman–Crippen MR) is 89.1 cm³/mol. The van der Waals surface area contributed by atoms with Gasteiger partial charge in [0, 0.05) is 36.6 Å². The van der Waals surface area contributed by atoms with E-state index in [2.05, 4.69) is 12.2 Å². The lowest BCUT2D eigenvalue weighted by Gasteiger charge is -2.39. The molecule has 0 spiro atoms. The molecule has 1 aliphatic carbocycles. The molecule has 0 unspecified atom stereocenters. The fraction of sp³-hybridized carbons (Fsp3) is 0.632. The van der Waals surface area contributed by atoms with E-state index in [9.17, 15) is 13.6 Å². The van der Waals surface area contributed by atoms with Gasteiger partial charge in [0.25, 0.3) is 5.92 Å². The Morgan fingerprint density at radius 2 is 1.96 bits per heavy atom. The molecule has 2 rings (SSSR count). The largest absolute Gasteiger partial charge is 0.307 e. The molecule has 1 aromatic carbocycles. The summed E-state index contributed by atoms with van der Waals surface area (Å²) in [5, 5.41) is 3.46. The smallest absolute Gasteiger partial charge is 0.270 e. The molecule has 2 nitrogen and oxygen atoms in total. The molecule has 23 heavy (non-hydrogen) atoms. The van der Waals surface area contributed by atoms with E-state index in [1.54, 1.807) is 19.1 Å². The molecular formula is C19H27F2NO. The van der Waals surface area contributed by atoms with Crippen LogP contribution in [-0.2, 0) is 18.9 Å². The highest BCUT2D eigenvalue weighted by molar-refractivity contribution is 5.97. The van der Waals surface area contributed by atoms with Crippen molar-refractivity contribution in [3.05, 3.63) is 34.4 Å². The molecule has 1 aromatic rings. The molecule has 128 valence electrons. The second kappa shape index (κ2) is 6.68. The number of nitrogens with one attached hydrogen (secondary N) is 1. The van der Waals surface area contributed by atoms with E-state index in [1.165, 1.54) is 6.42 Å². The monoisotopic (exact) mass is 323 g/mol. The van der Waals surface area contributed by atoms with E-state index in [0.717, 1.165) is 25.3 Å². The number of halogens is 2. The van der Waals surface area contributed by atoms with Gasteiger partial charge in [-0.1, -0.05) is 13.8 Å². The highest BCUT2D eigenvalue weighted by Crippen LogP contribution is 2.35. The van der Waals surface area contributed by atoms with Gasteiger partial charge in [-0.25, -0.2) is 8.78 Å². The minimum Gasteiger partial charge on any atom is -0.307 e. The lowest BCUT2D eigenvalue weighted by Crippen LogP contribution is -2.47. The zero-order chi connectivity index (χ0) is 17.3. The molecule has 0 heterocycles. The maximum absolute atomic E-state index is 14.0. The second-order valence-corrected chi connectivity index (χ2v) is 6.96. The average Bonchev–Trinajstić information content (AvgIpc) is 2.48. The minimum atomic E-state index is -2.94. The van der Waals surface area contributed by atoms with Crippen LogP contribution in [-0.4, -0.2) is 11.3 Å². The van der Waals surface area contributed by atoms with Gasteiger partial charge >= 0.3 is 0 Å². The summed E-state index contributed by atoms with van der Waals surface area (Å²) in [6.07, 6.45) is 4.19. The molecule has 0 bridgehead atoms. The highest BCUT2D eigenvalue weighted by atomic mass is 19.3. The first-order valence-corrected chi connectivity index (χ1v) is 8.52. The van der Waals surface area contributed by atoms with E-state index in [-0.39, 0.29) is 16.9 Å². The Morgan fingerprint density at radius 3 is 2.39 bits per heavy atom. The third kappa shape index (κ3) is 3.97. The number of ketones is 1. The zero-order valence-electron chi connectivity index (χ0n) is 14.6. The van der Waals surface area contributed by atoms with E-state index in [1.807, 2.05) is 6.92 Å². The molecule has 4 heteroatoms. The Bertz CT molecular complexity index is 586. The molecule has 0 atom stereocenters. The van der Waals surface area contributed by atoms with Gasteiger partial charge in [0.2, 0.25) is 0 Å². The van der Waals surface area contributed by atoms with Crippen LogP contribution in [0.3, 0.4) is 0 Å². The SMILES string of the molecule is CCC(=O)c1cc(CNC2(C)CCC2)cc(C(C)(F)F)c1CC. The number of benzene rings is 1. The maximum atomic E-state index is 14.0. The van der Waals surface area contributed by atoms with Crippen LogP contribution in [0.4, 0.5) is 8.78 Å². The van der Waals surface area contributed by atoms with Gasteiger partial charge in [0.1, 0.15) is 0 Å². The first kappa shape index (κ1) is 18.1. The van der Waals surface area contributed by atoms with Gasteiger partial charge in [0.15, 0.2) is 5.78 Å². The predicted octanol–water partition coefficient (Wildman–Crippen LogP) is 4.99. The van der Waals surface area contributed by atoms with Crippen LogP contribution < -0.4 is 5.32 Å². The van der Waals surface area contributed by atoms with Crippen molar-refractivity contribution in [2.45, 2.75) is 77.8 Å². The average molecular weight is 323 g/mol.